The molecule has 2 fully saturated rings. The van der Waals surface area contributed by atoms with Gasteiger partial charge in [0, 0.05) is 5.57 Å². The predicted octanol–water partition coefficient (Wildman–Crippen LogP) is -0.0320. The minimum absolute atomic E-state index is 0.194. The van der Waals surface area contributed by atoms with Gasteiger partial charge < -0.3 is 9.47 Å². The lowest BCUT2D eigenvalue weighted by molar-refractivity contribution is -0.154. The molecule has 2 heterocycles. The van der Waals surface area contributed by atoms with Crippen LogP contribution < -0.4 is 0 Å². The van der Waals surface area contributed by atoms with Crippen LogP contribution in [0.4, 0.5) is 0 Å². The van der Waals surface area contributed by atoms with E-state index in [1.807, 2.05) is 0 Å². The number of carbonyl (C=O) groups is 4. The van der Waals surface area contributed by atoms with Crippen molar-refractivity contribution in [2.45, 2.75) is 13.3 Å². The van der Waals surface area contributed by atoms with Gasteiger partial charge in [0.2, 0.25) is 0 Å². The molecule has 3 rings (SSSR count). The Bertz CT molecular complexity index is 517. The van der Waals surface area contributed by atoms with E-state index in [4.69, 9.17) is 0 Å². The van der Waals surface area contributed by atoms with Gasteiger partial charge in [0.15, 0.2) is 0 Å². The molecule has 0 radical (unpaired) electrons. The molecule has 0 N–H and O–H groups in total. The molecule has 3 aliphatic rings. The van der Waals surface area contributed by atoms with Gasteiger partial charge in [-0.2, -0.15) is 0 Å². The van der Waals surface area contributed by atoms with Crippen molar-refractivity contribution in [1.29, 1.82) is 0 Å². The first-order valence-electron chi connectivity index (χ1n) is 5.78. The zero-order valence-corrected chi connectivity index (χ0v) is 9.54. The van der Waals surface area contributed by atoms with Crippen molar-refractivity contribution in [3.63, 3.8) is 0 Å². The third-order valence-electron chi connectivity index (χ3n) is 3.87. The van der Waals surface area contributed by atoms with E-state index in [9.17, 15) is 19.2 Å². The maximum Gasteiger partial charge on any atom is 0.342 e. The molecule has 0 aromatic carbocycles. The smallest absolute Gasteiger partial charge is 0.342 e. The van der Waals surface area contributed by atoms with E-state index in [0.717, 1.165) is 0 Å². The van der Waals surface area contributed by atoms with Gasteiger partial charge in [0.05, 0.1) is 17.8 Å². The maximum absolute atomic E-state index is 11.7. The highest BCUT2D eigenvalue weighted by atomic mass is 16.6. The summed E-state index contributed by atoms with van der Waals surface area (Å²) >= 11 is 0. The van der Waals surface area contributed by atoms with E-state index < -0.39 is 47.5 Å². The molecule has 0 aromatic heterocycles. The van der Waals surface area contributed by atoms with Gasteiger partial charge in [-0.25, -0.2) is 4.79 Å². The van der Waals surface area contributed by atoms with E-state index in [2.05, 4.69) is 9.47 Å². The first kappa shape index (κ1) is 11.1. The van der Waals surface area contributed by atoms with Gasteiger partial charge in [0.1, 0.15) is 0 Å². The second kappa shape index (κ2) is 3.51. The zero-order valence-electron chi connectivity index (χ0n) is 9.54. The summed E-state index contributed by atoms with van der Waals surface area (Å²) in [5, 5.41) is 0. The van der Waals surface area contributed by atoms with E-state index in [1.165, 1.54) is 6.08 Å². The number of hydrogen-bond acceptors (Lipinski definition) is 6. The van der Waals surface area contributed by atoms with Crippen LogP contribution in [0.3, 0.4) is 0 Å². The molecular formula is C12H10O6. The average molecular weight is 250 g/mol. The predicted molar refractivity (Wildman–Crippen MR) is 54.5 cm³/mol. The SMILES string of the molecule is CCC1C2C(=O)OC(=O)C2=CC2C(=O)OC(=O)C21. The van der Waals surface area contributed by atoms with Crippen LogP contribution in [0.15, 0.2) is 11.6 Å². The fraction of sp³-hybridized carbons (Fsp3) is 0.500. The normalized spacial score (nSPS) is 37.9. The van der Waals surface area contributed by atoms with Crippen molar-refractivity contribution >= 4 is 23.9 Å². The lowest BCUT2D eigenvalue weighted by Crippen LogP contribution is -2.37. The number of cyclic esters (lactones) is 4. The lowest BCUT2D eigenvalue weighted by Gasteiger charge is -2.29. The van der Waals surface area contributed by atoms with Gasteiger partial charge in [-0.1, -0.05) is 19.4 Å². The van der Waals surface area contributed by atoms with Crippen LogP contribution >= 0.6 is 0 Å². The molecule has 2 saturated heterocycles. The quantitative estimate of drug-likeness (QED) is 0.479. The van der Waals surface area contributed by atoms with Crippen LogP contribution in [-0.2, 0) is 28.7 Å². The highest BCUT2D eigenvalue weighted by molar-refractivity contribution is 6.10. The van der Waals surface area contributed by atoms with Crippen LogP contribution in [0.2, 0.25) is 0 Å². The molecule has 6 heteroatoms. The molecule has 2 aliphatic heterocycles. The Morgan fingerprint density at radius 1 is 1.06 bits per heavy atom. The first-order chi connectivity index (χ1) is 8.54. The molecule has 6 nitrogen and oxygen atoms in total. The van der Waals surface area contributed by atoms with Crippen molar-refractivity contribution in [3.8, 4) is 0 Å². The monoisotopic (exact) mass is 250 g/mol. The fourth-order valence-electron chi connectivity index (χ4n) is 3.08. The van der Waals surface area contributed by atoms with Crippen LogP contribution in [0.5, 0.6) is 0 Å². The molecule has 0 amide bonds. The standard InChI is InChI=1S/C12H10O6/c1-2-4-7-5(9(13)17-11(7)15)3-6-8(4)12(16)18-10(6)14/h3-5,7-8H,2H2,1H3. The summed E-state index contributed by atoms with van der Waals surface area (Å²) in [6.07, 6.45) is 1.86. The maximum atomic E-state index is 11.7. The minimum atomic E-state index is -0.757. The Hall–Kier alpha value is -1.98. The van der Waals surface area contributed by atoms with Crippen LogP contribution in [0.1, 0.15) is 13.3 Å². The number of ether oxygens (including phenoxy) is 2. The van der Waals surface area contributed by atoms with Gasteiger partial charge in [0.25, 0.3) is 0 Å². The van der Waals surface area contributed by atoms with Crippen molar-refractivity contribution in [3.05, 3.63) is 11.6 Å². The van der Waals surface area contributed by atoms with Crippen molar-refractivity contribution in [2.24, 2.45) is 23.7 Å². The van der Waals surface area contributed by atoms with E-state index >= 15 is 0 Å². The number of fused-ring (bicyclic) bond motifs is 2. The van der Waals surface area contributed by atoms with E-state index in [0.29, 0.717) is 6.42 Å². The molecule has 0 saturated carbocycles. The molecule has 0 bridgehead atoms. The summed E-state index contributed by atoms with van der Waals surface area (Å²) in [4.78, 5) is 46.3. The largest absolute Gasteiger partial charge is 0.392 e. The molecule has 4 atom stereocenters. The van der Waals surface area contributed by atoms with Crippen molar-refractivity contribution < 1.29 is 28.7 Å². The Morgan fingerprint density at radius 3 is 2.44 bits per heavy atom. The fourth-order valence-corrected chi connectivity index (χ4v) is 3.08. The highest BCUT2D eigenvalue weighted by Gasteiger charge is 2.58. The summed E-state index contributed by atoms with van der Waals surface area (Å²) in [5.74, 6) is -5.18. The number of rotatable bonds is 1. The van der Waals surface area contributed by atoms with Gasteiger partial charge in [-0.05, 0) is 5.92 Å². The third kappa shape index (κ3) is 1.23. The van der Waals surface area contributed by atoms with Crippen molar-refractivity contribution in [2.75, 3.05) is 0 Å². The third-order valence-corrected chi connectivity index (χ3v) is 3.87. The lowest BCUT2D eigenvalue weighted by atomic mass is 9.67. The summed E-state index contributed by atoms with van der Waals surface area (Å²) in [6, 6.07) is 0. The second-order valence-corrected chi connectivity index (χ2v) is 4.67. The molecule has 94 valence electrons. The van der Waals surface area contributed by atoms with Gasteiger partial charge >= 0.3 is 23.9 Å². The molecule has 0 aromatic rings. The summed E-state index contributed by atoms with van der Waals surface area (Å²) in [6.45, 7) is 1.80. The van der Waals surface area contributed by atoms with Crippen LogP contribution in [0, 0.1) is 23.7 Å². The minimum Gasteiger partial charge on any atom is -0.392 e. The number of hydrogen-bond donors (Lipinski definition) is 0. The average Bonchev–Trinajstić information content (AvgIpc) is 2.77. The summed E-state index contributed by atoms with van der Waals surface area (Å²) in [7, 11) is 0. The van der Waals surface area contributed by atoms with Crippen LogP contribution in [-0.4, -0.2) is 23.9 Å². The summed E-state index contributed by atoms with van der Waals surface area (Å²) in [5.41, 5.74) is 0.194. The Labute approximate surface area is 102 Å². The molecular weight excluding hydrogens is 240 g/mol. The second-order valence-electron chi connectivity index (χ2n) is 4.67. The van der Waals surface area contributed by atoms with E-state index in [1.54, 1.807) is 6.92 Å². The molecule has 18 heavy (non-hydrogen) atoms. The topological polar surface area (TPSA) is 86.7 Å². The van der Waals surface area contributed by atoms with Crippen LogP contribution in [0.25, 0.3) is 0 Å². The zero-order chi connectivity index (χ0) is 13.0. The molecule has 4 unspecified atom stereocenters. The number of carbonyl (C=O) groups excluding carboxylic acids is 4. The van der Waals surface area contributed by atoms with Gasteiger partial charge in [-0.3, -0.25) is 14.4 Å². The summed E-state index contributed by atoms with van der Waals surface area (Å²) < 4.78 is 9.16. The Balaban J connectivity index is 2.13. The van der Waals surface area contributed by atoms with E-state index in [-0.39, 0.29) is 5.57 Å². The first-order valence-corrected chi connectivity index (χ1v) is 5.78. The Morgan fingerprint density at radius 2 is 1.78 bits per heavy atom. The Kier molecular flexibility index (Phi) is 2.17. The van der Waals surface area contributed by atoms with Crippen molar-refractivity contribution in [1.82, 2.24) is 0 Å². The molecule has 0 spiro atoms. The highest BCUT2D eigenvalue weighted by Crippen LogP contribution is 2.47. The molecule has 1 aliphatic carbocycles. The number of esters is 4. The van der Waals surface area contributed by atoms with Gasteiger partial charge in [-0.15, -0.1) is 0 Å².